The van der Waals surface area contributed by atoms with Crippen LogP contribution >= 0.6 is 11.8 Å². The van der Waals surface area contributed by atoms with Gasteiger partial charge >= 0.3 is 0 Å². The van der Waals surface area contributed by atoms with Gasteiger partial charge in [-0.25, -0.2) is 4.39 Å². The van der Waals surface area contributed by atoms with Crippen molar-refractivity contribution in [1.82, 2.24) is 5.06 Å². The maximum absolute atomic E-state index is 13.8. The minimum absolute atomic E-state index is 0.212. The van der Waals surface area contributed by atoms with Crippen molar-refractivity contribution in [3.8, 4) is 11.8 Å². The molecule has 4 rings (SSSR count). The molecule has 2 aliphatic heterocycles. The van der Waals surface area contributed by atoms with Crippen molar-refractivity contribution < 1.29 is 23.6 Å². The number of ether oxygens (including phenoxy) is 1. The molecule has 146 valence electrons. The zero-order chi connectivity index (χ0) is 20.5. The second-order valence-corrected chi connectivity index (χ2v) is 7.51. The molecule has 0 aliphatic carbocycles. The Balaban J connectivity index is 1.63. The minimum atomic E-state index is -1.58. The van der Waals surface area contributed by atoms with Gasteiger partial charge in [0.1, 0.15) is 23.9 Å². The summed E-state index contributed by atoms with van der Waals surface area (Å²) >= 11 is 1.51. The first-order chi connectivity index (χ1) is 14.0. The fraction of sp³-hybridized carbons (Fsp3) is 0.190. The number of rotatable bonds is 4. The SMILES string of the molecule is COc1ccc(C(=O)C(C#N)C(=O)N2OC=C3CSc4ccc(F)cc4C32)cc1. The van der Waals surface area contributed by atoms with Gasteiger partial charge in [0.25, 0.3) is 5.91 Å². The number of nitriles is 1. The third kappa shape index (κ3) is 3.34. The molecule has 0 saturated heterocycles. The molecule has 0 spiro atoms. The van der Waals surface area contributed by atoms with Gasteiger partial charge in [0.2, 0.25) is 0 Å². The summed E-state index contributed by atoms with van der Waals surface area (Å²) in [4.78, 5) is 32.1. The van der Waals surface area contributed by atoms with Gasteiger partial charge in [0, 0.05) is 21.8 Å². The van der Waals surface area contributed by atoms with E-state index < -0.39 is 29.5 Å². The van der Waals surface area contributed by atoms with Crippen LogP contribution in [0.5, 0.6) is 5.75 Å². The Bertz CT molecular complexity index is 1060. The Hall–Kier alpha value is -3.31. The van der Waals surface area contributed by atoms with Crippen LogP contribution in [-0.2, 0) is 9.63 Å². The molecule has 1 amide bonds. The number of nitrogens with zero attached hydrogens (tertiary/aromatic N) is 2. The van der Waals surface area contributed by atoms with Gasteiger partial charge in [-0.3, -0.25) is 9.59 Å². The van der Waals surface area contributed by atoms with Gasteiger partial charge in [-0.05, 0) is 48.0 Å². The zero-order valence-corrected chi connectivity index (χ0v) is 16.1. The first-order valence-electron chi connectivity index (χ1n) is 8.72. The maximum Gasteiger partial charge on any atom is 0.281 e. The molecule has 2 atom stereocenters. The Morgan fingerprint density at radius 2 is 2.07 bits per heavy atom. The number of halogens is 1. The molecule has 6 nitrogen and oxygen atoms in total. The largest absolute Gasteiger partial charge is 0.497 e. The van der Waals surface area contributed by atoms with Crippen LogP contribution in [0, 0.1) is 23.1 Å². The smallest absolute Gasteiger partial charge is 0.281 e. The number of hydroxylamine groups is 2. The Labute approximate surface area is 170 Å². The number of benzene rings is 2. The van der Waals surface area contributed by atoms with E-state index in [9.17, 15) is 19.2 Å². The number of carbonyl (C=O) groups is 2. The van der Waals surface area contributed by atoms with E-state index >= 15 is 0 Å². The summed E-state index contributed by atoms with van der Waals surface area (Å²) < 4.78 is 18.9. The highest BCUT2D eigenvalue weighted by Crippen LogP contribution is 2.46. The van der Waals surface area contributed by atoms with Gasteiger partial charge in [-0.15, -0.1) is 11.8 Å². The predicted molar refractivity (Wildman–Crippen MR) is 102 cm³/mol. The molecule has 0 radical (unpaired) electrons. The fourth-order valence-electron chi connectivity index (χ4n) is 3.32. The molecule has 2 aromatic carbocycles. The van der Waals surface area contributed by atoms with Crippen molar-refractivity contribution in [3.05, 3.63) is 71.2 Å². The van der Waals surface area contributed by atoms with Crippen LogP contribution in [0.2, 0.25) is 0 Å². The first kappa shape index (κ1) is 19.0. The number of carbonyl (C=O) groups excluding carboxylic acids is 2. The number of methoxy groups -OCH3 is 1. The third-order valence-corrected chi connectivity index (χ3v) is 5.95. The van der Waals surface area contributed by atoms with Gasteiger partial charge in [0.15, 0.2) is 11.7 Å². The van der Waals surface area contributed by atoms with Gasteiger partial charge < -0.3 is 9.57 Å². The molecule has 2 aromatic rings. The van der Waals surface area contributed by atoms with Gasteiger partial charge in [-0.2, -0.15) is 10.3 Å². The summed E-state index contributed by atoms with van der Waals surface area (Å²) in [5.41, 5.74) is 1.56. The van der Waals surface area contributed by atoms with E-state index in [4.69, 9.17) is 9.57 Å². The van der Waals surface area contributed by atoms with Crippen LogP contribution in [0.4, 0.5) is 4.39 Å². The van der Waals surface area contributed by atoms with Crippen molar-refractivity contribution in [2.24, 2.45) is 5.92 Å². The number of amides is 1. The predicted octanol–water partition coefficient (Wildman–Crippen LogP) is 3.66. The standard InChI is InChI=1S/C21H15FN2O4S/c1-27-15-5-2-12(3-6-15)20(25)17(9-23)21(26)24-19-13(10-28-24)11-29-18-7-4-14(22)8-16(18)19/h2-8,10,17,19H,11H2,1H3. The Morgan fingerprint density at radius 1 is 1.31 bits per heavy atom. The Kier molecular flexibility index (Phi) is 4.99. The van der Waals surface area contributed by atoms with Crippen molar-refractivity contribution in [3.63, 3.8) is 0 Å². The molecule has 0 N–H and O–H groups in total. The van der Waals surface area contributed by atoms with Crippen LogP contribution in [-0.4, -0.2) is 29.6 Å². The topological polar surface area (TPSA) is 79.6 Å². The third-order valence-electron chi connectivity index (χ3n) is 4.79. The lowest BCUT2D eigenvalue weighted by atomic mass is 9.95. The lowest BCUT2D eigenvalue weighted by Crippen LogP contribution is -2.39. The number of ketones is 1. The second-order valence-electron chi connectivity index (χ2n) is 6.49. The van der Waals surface area contributed by atoms with Gasteiger partial charge in [-0.1, -0.05) is 0 Å². The Morgan fingerprint density at radius 3 is 2.76 bits per heavy atom. The first-order valence-corrected chi connectivity index (χ1v) is 9.71. The van der Waals surface area contributed by atoms with Crippen LogP contribution in [0.1, 0.15) is 22.0 Å². The molecule has 0 bridgehead atoms. The van der Waals surface area contributed by atoms with E-state index in [2.05, 4.69) is 0 Å². The molecule has 2 aliphatic rings. The minimum Gasteiger partial charge on any atom is -0.497 e. The molecule has 8 heteroatoms. The average Bonchev–Trinajstić information content (AvgIpc) is 3.19. The lowest BCUT2D eigenvalue weighted by molar-refractivity contribution is -0.170. The van der Waals surface area contributed by atoms with E-state index in [-0.39, 0.29) is 5.56 Å². The molecule has 0 saturated carbocycles. The molecule has 0 aromatic heterocycles. The quantitative estimate of drug-likeness (QED) is 0.565. The van der Waals surface area contributed by atoms with Crippen molar-refractivity contribution >= 4 is 23.5 Å². The van der Waals surface area contributed by atoms with E-state index in [1.54, 1.807) is 24.3 Å². The highest BCUT2D eigenvalue weighted by Gasteiger charge is 2.43. The molecule has 29 heavy (non-hydrogen) atoms. The van der Waals surface area contributed by atoms with E-state index in [0.29, 0.717) is 17.1 Å². The average molecular weight is 410 g/mol. The van der Waals surface area contributed by atoms with Crippen molar-refractivity contribution in [2.45, 2.75) is 10.9 Å². The highest BCUT2D eigenvalue weighted by atomic mass is 32.2. The van der Waals surface area contributed by atoms with Gasteiger partial charge in [0.05, 0.1) is 13.2 Å². The number of hydrogen-bond acceptors (Lipinski definition) is 6. The van der Waals surface area contributed by atoms with E-state index in [1.165, 1.54) is 49.4 Å². The molecular weight excluding hydrogens is 395 g/mol. The normalized spacial score (nSPS) is 17.9. The summed E-state index contributed by atoms with van der Waals surface area (Å²) in [7, 11) is 1.50. The summed E-state index contributed by atoms with van der Waals surface area (Å²) in [6.07, 6.45) is 1.43. The number of thioether (sulfide) groups is 1. The number of Topliss-reactive ketones (excluding diaryl/α,β-unsaturated/α-hetero) is 1. The summed E-state index contributed by atoms with van der Waals surface area (Å²) in [5.74, 6) is -2.32. The monoisotopic (exact) mass is 410 g/mol. The van der Waals surface area contributed by atoms with Crippen molar-refractivity contribution in [1.29, 1.82) is 5.26 Å². The fourth-order valence-corrected chi connectivity index (χ4v) is 4.37. The summed E-state index contributed by atoms with van der Waals surface area (Å²) in [5, 5.41) is 10.5. The highest BCUT2D eigenvalue weighted by molar-refractivity contribution is 7.99. The summed E-state index contributed by atoms with van der Waals surface area (Å²) in [6, 6.07) is 11.6. The van der Waals surface area contributed by atoms with Crippen molar-refractivity contribution in [2.75, 3.05) is 12.9 Å². The van der Waals surface area contributed by atoms with Crippen LogP contribution < -0.4 is 4.74 Å². The molecular formula is C21H15FN2O4S. The number of hydrogen-bond donors (Lipinski definition) is 0. The van der Waals surface area contributed by atoms with E-state index in [0.717, 1.165) is 15.5 Å². The number of fused-ring (bicyclic) bond motifs is 3. The van der Waals surface area contributed by atoms with Crippen LogP contribution in [0.3, 0.4) is 0 Å². The summed E-state index contributed by atoms with van der Waals surface area (Å²) in [6.45, 7) is 0. The maximum atomic E-state index is 13.8. The van der Waals surface area contributed by atoms with Crippen LogP contribution in [0.25, 0.3) is 0 Å². The lowest BCUT2D eigenvalue weighted by Gasteiger charge is -2.30. The second kappa shape index (κ2) is 7.60. The molecule has 2 heterocycles. The van der Waals surface area contributed by atoms with Crippen LogP contribution in [0.15, 0.2) is 59.2 Å². The van der Waals surface area contributed by atoms with E-state index in [1.807, 2.05) is 0 Å². The zero-order valence-electron chi connectivity index (χ0n) is 15.3. The molecule has 2 unspecified atom stereocenters. The molecule has 0 fully saturated rings.